The Balaban J connectivity index is 1.90. The lowest BCUT2D eigenvalue weighted by atomic mass is 10.1. The van der Waals surface area contributed by atoms with E-state index < -0.39 is 10.0 Å². The topological polar surface area (TPSA) is 62.3 Å². The fourth-order valence-corrected chi connectivity index (χ4v) is 3.47. The molecule has 0 aliphatic carbocycles. The Bertz CT molecular complexity index is 949. The standard InChI is InChI=1S/C21H23N3O2S/c1-17-20(23-27(2,25)26)13-14-21(22-17)24(15-18-9-5-3-6-10-18)16-19-11-7-4-8-12-19/h3-14,23H,15-16H2,1-2H3. The third-order valence-corrected chi connectivity index (χ3v) is 4.71. The quantitative estimate of drug-likeness (QED) is 0.673. The third-order valence-electron chi connectivity index (χ3n) is 4.12. The Morgan fingerprint density at radius 2 is 1.37 bits per heavy atom. The van der Waals surface area contributed by atoms with E-state index in [1.54, 1.807) is 13.0 Å². The van der Waals surface area contributed by atoms with Crippen LogP contribution in [0, 0.1) is 6.92 Å². The number of aryl methyl sites for hydroxylation is 1. The number of anilines is 2. The van der Waals surface area contributed by atoms with Crippen molar-refractivity contribution in [2.45, 2.75) is 20.0 Å². The second-order valence-corrected chi connectivity index (χ2v) is 8.25. The first-order valence-electron chi connectivity index (χ1n) is 8.69. The fourth-order valence-electron chi connectivity index (χ4n) is 2.86. The van der Waals surface area contributed by atoms with Gasteiger partial charge >= 0.3 is 0 Å². The molecular weight excluding hydrogens is 358 g/mol. The highest BCUT2D eigenvalue weighted by Gasteiger charge is 2.13. The molecule has 1 aromatic heterocycles. The zero-order valence-corrected chi connectivity index (χ0v) is 16.3. The van der Waals surface area contributed by atoms with Crippen molar-refractivity contribution in [1.29, 1.82) is 0 Å². The van der Waals surface area contributed by atoms with E-state index >= 15 is 0 Å². The second-order valence-electron chi connectivity index (χ2n) is 6.50. The Kier molecular flexibility index (Phi) is 5.76. The number of hydrogen-bond acceptors (Lipinski definition) is 4. The molecule has 1 N–H and O–H groups in total. The SMILES string of the molecule is Cc1nc(N(Cc2ccccc2)Cc2ccccc2)ccc1NS(C)(=O)=O. The summed E-state index contributed by atoms with van der Waals surface area (Å²) < 4.78 is 25.5. The lowest BCUT2D eigenvalue weighted by Crippen LogP contribution is -2.23. The van der Waals surface area contributed by atoms with Crippen molar-refractivity contribution in [1.82, 2.24) is 4.98 Å². The maximum atomic E-state index is 11.5. The van der Waals surface area contributed by atoms with E-state index in [2.05, 4.69) is 38.9 Å². The van der Waals surface area contributed by atoms with E-state index in [1.807, 2.05) is 42.5 Å². The smallest absolute Gasteiger partial charge is 0.229 e. The van der Waals surface area contributed by atoms with Gasteiger partial charge in [0.1, 0.15) is 5.82 Å². The molecule has 0 fully saturated rings. The van der Waals surface area contributed by atoms with Gasteiger partial charge in [-0.3, -0.25) is 4.72 Å². The van der Waals surface area contributed by atoms with Crippen molar-refractivity contribution in [3.8, 4) is 0 Å². The average molecular weight is 382 g/mol. The summed E-state index contributed by atoms with van der Waals surface area (Å²) >= 11 is 0. The molecule has 3 rings (SSSR count). The average Bonchev–Trinajstić information content (AvgIpc) is 2.64. The van der Waals surface area contributed by atoms with Crippen LogP contribution >= 0.6 is 0 Å². The molecule has 2 aromatic carbocycles. The molecule has 140 valence electrons. The summed E-state index contributed by atoms with van der Waals surface area (Å²) in [4.78, 5) is 6.83. The summed E-state index contributed by atoms with van der Waals surface area (Å²) in [6.07, 6.45) is 1.14. The van der Waals surface area contributed by atoms with E-state index in [0.717, 1.165) is 12.1 Å². The lowest BCUT2D eigenvalue weighted by Gasteiger charge is -2.25. The molecule has 0 saturated carbocycles. The summed E-state index contributed by atoms with van der Waals surface area (Å²) in [5.74, 6) is 0.805. The van der Waals surface area contributed by atoms with Gasteiger partial charge in [-0.1, -0.05) is 60.7 Å². The highest BCUT2D eigenvalue weighted by molar-refractivity contribution is 7.92. The summed E-state index contributed by atoms with van der Waals surface area (Å²) in [7, 11) is -3.33. The maximum absolute atomic E-state index is 11.5. The van der Waals surface area contributed by atoms with Crippen LogP contribution in [0.3, 0.4) is 0 Å². The van der Waals surface area contributed by atoms with Crippen LogP contribution in [-0.4, -0.2) is 19.7 Å². The molecule has 0 saturated heterocycles. The third kappa shape index (κ3) is 5.56. The van der Waals surface area contributed by atoms with Gasteiger partial charge in [-0.2, -0.15) is 0 Å². The van der Waals surface area contributed by atoms with Crippen LogP contribution in [-0.2, 0) is 23.1 Å². The number of pyridine rings is 1. The van der Waals surface area contributed by atoms with Crippen LogP contribution in [0.2, 0.25) is 0 Å². The maximum Gasteiger partial charge on any atom is 0.229 e. The molecule has 0 bridgehead atoms. The van der Waals surface area contributed by atoms with Crippen molar-refractivity contribution in [2.24, 2.45) is 0 Å². The van der Waals surface area contributed by atoms with E-state index in [4.69, 9.17) is 0 Å². The van der Waals surface area contributed by atoms with Crippen LogP contribution in [0.15, 0.2) is 72.8 Å². The molecule has 0 radical (unpaired) electrons. The van der Waals surface area contributed by atoms with Crippen molar-refractivity contribution in [3.63, 3.8) is 0 Å². The summed E-state index contributed by atoms with van der Waals surface area (Å²) in [6, 6.07) is 24.1. The van der Waals surface area contributed by atoms with Crippen LogP contribution in [0.5, 0.6) is 0 Å². The predicted molar refractivity (Wildman–Crippen MR) is 110 cm³/mol. The van der Waals surface area contributed by atoms with E-state index in [1.165, 1.54) is 11.1 Å². The van der Waals surface area contributed by atoms with Gasteiger partial charge in [0.15, 0.2) is 0 Å². The zero-order chi connectivity index (χ0) is 19.3. The Labute approximate surface area is 160 Å². The minimum atomic E-state index is -3.33. The van der Waals surface area contributed by atoms with Crippen LogP contribution in [0.4, 0.5) is 11.5 Å². The Morgan fingerprint density at radius 3 is 1.81 bits per heavy atom. The van der Waals surface area contributed by atoms with Gasteiger partial charge in [0.2, 0.25) is 10.0 Å². The molecule has 0 atom stereocenters. The molecule has 3 aromatic rings. The van der Waals surface area contributed by atoms with Crippen molar-refractivity contribution in [2.75, 3.05) is 15.9 Å². The molecule has 27 heavy (non-hydrogen) atoms. The number of benzene rings is 2. The van der Waals surface area contributed by atoms with Gasteiger partial charge in [-0.15, -0.1) is 0 Å². The molecule has 0 aliphatic heterocycles. The number of aromatic nitrogens is 1. The molecular formula is C21H23N3O2S. The molecule has 5 nitrogen and oxygen atoms in total. The molecule has 0 aliphatic rings. The van der Waals surface area contributed by atoms with E-state index in [0.29, 0.717) is 24.5 Å². The molecule has 0 spiro atoms. The van der Waals surface area contributed by atoms with Gasteiger partial charge < -0.3 is 4.90 Å². The van der Waals surface area contributed by atoms with Crippen molar-refractivity contribution < 1.29 is 8.42 Å². The van der Waals surface area contributed by atoms with Gasteiger partial charge in [-0.05, 0) is 30.2 Å². The minimum absolute atomic E-state index is 0.501. The monoisotopic (exact) mass is 381 g/mol. The summed E-state index contributed by atoms with van der Waals surface area (Å²) in [6.45, 7) is 3.22. The van der Waals surface area contributed by atoms with Gasteiger partial charge in [0, 0.05) is 13.1 Å². The van der Waals surface area contributed by atoms with Crippen LogP contribution in [0.25, 0.3) is 0 Å². The molecule has 6 heteroatoms. The Hall–Kier alpha value is -2.86. The first-order chi connectivity index (χ1) is 12.9. The lowest BCUT2D eigenvalue weighted by molar-refractivity contribution is 0.606. The van der Waals surface area contributed by atoms with Crippen LogP contribution in [0.1, 0.15) is 16.8 Å². The minimum Gasteiger partial charge on any atom is -0.348 e. The van der Waals surface area contributed by atoms with Crippen molar-refractivity contribution >= 4 is 21.5 Å². The first kappa shape index (κ1) is 18.9. The number of rotatable bonds is 7. The highest BCUT2D eigenvalue weighted by Crippen LogP contribution is 2.23. The number of nitrogens with zero attached hydrogens (tertiary/aromatic N) is 2. The summed E-state index contributed by atoms with van der Waals surface area (Å²) in [5.41, 5.74) is 3.52. The van der Waals surface area contributed by atoms with Gasteiger partial charge in [-0.25, -0.2) is 13.4 Å². The highest BCUT2D eigenvalue weighted by atomic mass is 32.2. The molecule has 0 unspecified atom stereocenters. The first-order valence-corrected chi connectivity index (χ1v) is 10.6. The van der Waals surface area contributed by atoms with Gasteiger partial charge in [0.25, 0.3) is 0 Å². The normalized spacial score (nSPS) is 11.2. The molecule has 0 amide bonds. The zero-order valence-electron chi connectivity index (χ0n) is 15.5. The van der Waals surface area contributed by atoms with E-state index in [9.17, 15) is 8.42 Å². The summed E-state index contributed by atoms with van der Waals surface area (Å²) in [5, 5.41) is 0. The number of nitrogens with one attached hydrogen (secondary N) is 1. The molecule has 1 heterocycles. The fraction of sp³-hybridized carbons (Fsp3) is 0.190. The van der Waals surface area contributed by atoms with Crippen LogP contribution < -0.4 is 9.62 Å². The predicted octanol–water partition coefficient (Wildman–Crippen LogP) is 3.97. The van der Waals surface area contributed by atoms with E-state index in [-0.39, 0.29) is 0 Å². The Morgan fingerprint density at radius 1 is 0.852 bits per heavy atom. The largest absolute Gasteiger partial charge is 0.348 e. The van der Waals surface area contributed by atoms with Gasteiger partial charge in [0.05, 0.1) is 17.6 Å². The number of sulfonamides is 1. The second kappa shape index (κ2) is 8.22. The number of hydrogen-bond donors (Lipinski definition) is 1. The van der Waals surface area contributed by atoms with Crippen molar-refractivity contribution in [3.05, 3.63) is 89.6 Å².